The van der Waals surface area contributed by atoms with Crippen molar-refractivity contribution < 1.29 is 111 Å². The number of aliphatic hydroxyl groups is 4. The van der Waals surface area contributed by atoms with Gasteiger partial charge in [0.15, 0.2) is 18.9 Å². The number of rotatable bonds is 48. The molecule has 6 unspecified atom stereocenters. The molecule has 0 saturated carbocycles. The number of ether oxygens (including phenoxy) is 10. The fourth-order valence-electron chi connectivity index (χ4n) is 6.10. The molecule has 0 bridgehead atoms. The molecule has 414 valence electrons. The summed E-state index contributed by atoms with van der Waals surface area (Å²) in [6.45, 7) is 0.427. The van der Waals surface area contributed by atoms with Crippen molar-refractivity contribution in [3.8, 4) is 0 Å². The van der Waals surface area contributed by atoms with Gasteiger partial charge < -0.3 is 83.5 Å². The molecule has 1 rings (SSSR count). The summed E-state index contributed by atoms with van der Waals surface area (Å²) in [6.07, 6.45) is -2.17. The lowest BCUT2D eigenvalue weighted by Crippen LogP contribution is -2.35. The van der Waals surface area contributed by atoms with Crippen molar-refractivity contribution in [3.63, 3.8) is 0 Å². The number of nitrogens with one attached hydrogen (secondary N) is 2. The number of hydrogen-bond donors (Lipinski definition) is 7. The van der Waals surface area contributed by atoms with E-state index in [2.05, 4.69) is 10.6 Å². The SMILES string of the molecule is CCC(CO)OC(CO)OCCC(CO)OC(COC(=O)CCCC(=O)O)OCCC(CO)OC(COC(=O)CCCC(=O)NCCNC(=O)CCOCCOCCCC(=O)CCN1C(=O)C=CC1=O)OC. The van der Waals surface area contributed by atoms with Crippen LogP contribution >= 0.6 is 0 Å². The van der Waals surface area contributed by atoms with E-state index in [1.807, 2.05) is 0 Å². The molecule has 0 spiro atoms. The molecule has 4 amide bonds. The normalized spacial score (nSPS) is 14.9. The molecule has 72 heavy (non-hydrogen) atoms. The maximum atomic E-state index is 12.4. The first kappa shape index (κ1) is 65.4. The second kappa shape index (κ2) is 41.8. The van der Waals surface area contributed by atoms with Gasteiger partial charge in [0, 0.05) is 90.4 Å². The van der Waals surface area contributed by atoms with Crippen LogP contribution < -0.4 is 10.6 Å². The molecule has 1 aliphatic heterocycles. The Morgan fingerprint density at radius 3 is 1.62 bits per heavy atom. The third kappa shape index (κ3) is 33.2. The molecular formula is C46H77N3O23. The fraction of sp³-hybridized carbons (Fsp3) is 0.783. The molecule has 0 fully saturated rings. The first-order valence-electron chi connectivity index (χ1n) is 24.1. The number of amides is 4. The van der Waals surface area contributed by atoms with E-state index in [1.54, 1.807) is 6.92 Å². The van der Waals surface area contributed by atoms with Gasteiger partial charge in [0.05, 0.1) is 77.8 Å². The molecule has 0 aromatic carbocycles. The molecule has 0 saturated heterocycles. The summed E-state index contributed by atoms with van der Waals surface area (Å²) in [4.78, 5) is 95.8. The standard InChI is InChI=1S/C46H77N3O23/c1-3-34(27-50)70-44(30-53)66-23-15-36(29-52)72-46(32-69-43(62)11-5-9-41(59)60)67-24-16-35(28-51)71-45(63-2)31-68-42(61)10-4-8-37(55)47-18-19-48-38(56)17-22-65-26-25-64-21-6-7-33(54)14-20-49-39(57)12-13-40(49)58/h12-13,34-36,44-46,50-53H,3-11,14-32H2,1-2H3,(H,47,55)(H,48,56)(H,59,60). The van der Waals surface area contributed by atoms with Crippen molar-refractivity contribution in [3.05, 3.63) is 12.2 Å². The van der Waals surface area contributed by atoms with E-state index in [1.165, 1.54) is 19.3 Å². The van der Waals surface area contributed by atoms with Crippen LogP contribution in [-0.4, -0.2) is 221 Å². The van der Waals surface area contributed by atoms with E-state index in [9.17, 15) is 58.8 Å². The Morgan fingerprint density at radius 2 is 1.08 bits per heavy atom. The van der Waals surface area contributed by atoms with Gasteiger partial charge in [-0.05, 0) is 38.5 Å². The maximum absolute atomic E-state index is 12.4. The number of Topliss-reactive ketones (excluding diaryl/α,β-unsaturated/α-hetero) is 1. The van der Waals surface area contributed by atoms with Crippen LogP contribution in [0.25, 0.3) is 0 Å². The van der Waals surface area contributed by atoms with E-state index >= 15 is 0 Å². The van der Waals surface area contributed by atoms with Crippen LogP contribution in [-0.2, 0) is 85.7 Å². The second-order valence-corrected chi connectivity index (χ2v) is 16.0. The van der Waals surface area contributed by atoms with Crippen LogP contribution in [0.15, 0.2) is 12.2 Å². The summed E-state index contributed by atoms with van der Waals surface area (Å²) >= 11 is 0. The summed E-state index contributed by atoms with van der Waals surface area (Å²) < 4.78 is 54.8. The van der Waals surface area contributed by atoms with Gasteiger partial charge in [0.1, 0.15) is 19.0 Å². The Bertz CT molecular complexity index is 1580. The molecule has 1 aliphatic rings. The number of aliphatic carboxylic acids is 1. The quantitative estimate of drug-likeness (QED) is 0.0163. The predicted octanol–water partition coefficient (Wildman–Crippen LogP) is -1.21. The summed E-state index contributed by atoms with van der Waals surface area (Å²) in [7, 11) is 1.30. The predicted molar refractivity (Wildman–Crippen MR) is 247 cm³/mol. The number of aliphatic hydroxyl groups excluding tert-OH is 4. The zero-order valence-corrected chi connectivity index (χ0v) is 41.4. The average Bonchev–Trinajstić information content (AvgIpc) is 3.69. The zero-order chi connectivity index (χ0) is 53.4. The molecule has 26 heteroatoms. The fourth-order valence-corrected chi connectivity index (χ4v) is 6.10. The molecule has 26 nitrogen and oxygen atoms in total. The minimum Gasteiger partial charge on any atom is -0.481 e. The molecule has 0 aromatic heterocycles. The Morgan fingerprint density at radius 1 is 0.569 bits per heavy atom. The molecule has 1 heterocycles. The molecule has 6 atom stereocenters. The Labute approximate surface area is 419 Å². The number of carboxylic acid groups (broad SMARTS) is 1. The second-order valence-electron chi connectivity index (χ2n) is 16.0. The molecule has 7 N–H and O–H groups in total. The lowest BCUT2D eigenvalue weighted by Gasteiger charge is -2.26. The lowest BCUT2D eigenvalue weighted by molar-refractivity contribution is -0.224. The van der Waals surface area contributed by atoms with E-state index < -0.39 is 93.3 Å². The van der Waals surface area contributed by atoms with E-state index in [4.69, 9.17) is 52.5 Å². The molecular weight excluding hydrogens is 963 g/mol. The smallest absolute Gasteiger partial charge is 0.305 e. The van der Waals surface area contributed by atoms with Crippen LogP contribution in [0.1, 0.15) is 90.4 Å². The van der Waals surface area contributed by atoms with Crippen LogP contribution in [0, 0.1) is 0 Å². The Balaban J connectivity index is 2.32. The average molecular weight is 1040 g/mol. The van der Waals surface area contributed by atoms with E-state index in [-0.39, 0.29) is 154 Å². The van der Waals surface area contributed by atoms with Crippen molar-refractivity contribution >= 4 is 47.3 Å². The van der Waals surface area contributed by atoms with Gasteiger partial charge in [-0.3, -0.25) is 43.3 Å². The van der Waals surface area contributed by atoms with Crippen molar-refractivity contribution in [2.75, 3.05) is 106 Å². The van der Waals surface area contributed by atoms with Gasteiger partial charge in [-0.2, -0.15) is 0 Å². The number of carbonyl (C=O) groups is 8. The number of hydrogen-bond acceptors (Lipinski definition) is 22. The molecule has 0 aliphatic carbocycles. The monoisotopic (exact) mass is 1040 g/mol. The van der Waals surface area contributed by atoms with Crippen LogP contribution in [0.3, 0.4) is 0 Å². The lowest BCUT2D eigenvalue weighted by atomic mass is 10.1. The first-order valence-corrected chi connectivity index (χ1v) is 24.1. The minimum absolute atomic E-state index is 0.0124. The van der Waals surface area contributed by atoms with Crippen molar-refractivity contribution in [1.29, 1.82) is 0 Å². The summed E-state index contributed by atoms with van der Waals surface area (Å²) in [5.74, 6) is -3.96. The highest BCUT2D eigenvalue weighted by Crippen LogP contribution is 2.13. The zero-order valence-electron chi connectivity index (χ0n) is 41.4. The van der Waals surface area contributed by atoms with Crippen LogP contribution in [0.4, 0.5) is 0 Å². The summed E-state index contributed by atoms with van der Waals surface area (Å²) in [5.41, 5.74) is 0. The number of carbonyl (C=O) groups excluding carboxylic acids is 7. The molecule has 0 radical (unpaired) electrons. The number of methoxy groups -OCH3 is 1. The number of ketones is 1. The van der Waals surface area contributed by atoms with E-state index in [0.717, 1.165) is 4.90 Å². The number of imide groups is 1. The van der Waals surface area contributed by atoms with Crippen molar-refractivity contribution in [2.24, 2.45) is 0 Å². The third-order valence-corrected chi connectivity index (χ3v) is 10.2. The number of nitrogens with zero attached hydrogens (tertiary/aromatic N) is 1. The van der Waals surface area contributed by atoms with E-state index in [0.29, 0.717) is 19.4 Å². The van der Waals surface area contributed by atoms with Gasteiger partial charge in [-0.1, -0.05) is 6.92 Å². The molecule has 0 aromatic rings. The summed E-state index contributed by atoms with van der Waals surface area (Å²) in [6, 6.07) is 0. The van der Waals surface area contributed by atoms with Gasteiger partial charge in [0.25, 0.3) is 11.8 Å². The number of carboxylic acids is 1. The Kier molecular flexibility index (Phi) is 38.0. The third-order valence-electron chi connectivity index (χ3n) is 10.2. The first-order chi connectivity index (χ1) is 34.7. The van der Waals surface area contributed by atoms with Gasteiger partial charge in [-0.25, -0.2) is 0 Å². The largest absolute Gasteiger partial charge is 0.481 e. The van der Waals surface area contributed by atoms with Crippen molar-refractivity contribution in [2.45, 2.75) is 128 Å². The van der Waals surface area contributed by atoms with Gasteiger partial charge >= 0.3 is 17.9 Å². The topological polar surface area (TPSA) is 357 Å². The van der Waals surface area contributed by atoms with Crippen LogP contribution in [0.5, 0.6) is 0 Å². The Hall–Kier alpha value is -4.58. The van der Waals surface area contributed by atoms with Crippen molar-refractivity contribution in [1.82, 2.24) is 15.5 Å². The van der Waals surface area contributed by atoms with Gasteiger partial charge in [-0.15, -0.1) is 0 Å². The minimum atomic E-state index is -1.24. The maximum Gasteiger partial charge on any atom is 0.305 e. The number of esters is 2. The highest BCUT2D eigenvalue weighted by molar-refractivity contribution is 6.13. The van der Waals surface area contributed by atoms with Crippen LogP contribution in [0.2, 0.25) is 0 Å². The summed E-state index contributed by atoms with van der Waals surface area (Å²) in [5, 5.41) is 53.1. The van der Waals surface area contributed by atoms with Gasteiger partial charge in [0.2, 0.25) is 11.8 Å². The highest BCUT2D eigenvalue weighted by atomic mass is 16.7. The highest BCUT2D eigenvalue weighted by Gasteiger charge is 2.25.